The van der Waals surface area contributed by atoms with Crippen molar-refractivity contribution < 1.29 is 14.3 Å². The van der Waals surface area contributed by atoms with E-state index in [0.717, 1.165) is 30.4 Å². The van der Waals surface area contributed by atoms with Crippen molar-refractivity contribution in [2.24, 2.45) is 0 Å². The van der Waals surface area contributed by atoms with Crippen molar-refractivity contribution in [3.05, 3.63) is 59.8 Å². The molecule has 6 heteroatoms. The number of imide groups is 1. The van der Waals surface area contributed by atoms with Gasteiger partial charge in [0.1, 0.15) is 0 Å². The number of hydrogen-bond acceptors (Lipinski definition) is 4. The van der Waals surface area contributed by atoms with E-state index in [1.807, 2.05) is 24.4 Å². The lowest BCUT2D eigenvalue weighted by Gasteiger charge is -2.13. The van der Waals surface area contributed by atoms with Gasteiger partial charge in [-0.15, -0.1) is 0 Å². The molecule has 0 fully saturated rings. The number of hydrogen-bond donors (Lipinski definition) is 0. The van der Waals surface area contributed by atoms with E-state index in [2.05, 4.69) is 9.55 Å². The summed E-state index contributed by atoms with van der Waals surface area (Å²) in [4.78, 5) is 30.4. The third-order valence-corrected chi connectivity index (χ3v) is 4.72. The summed E-state index contributed by atoms with van der Waals surface area (Å²) < 4.78 is 7.27. The van der Waals surface area contributed by atoms with Crippen LogP contribution in [0, 0.1) is 0 Å². The first-order valence-corrected chi connectivity index (χ1v) is 8.64. The van der Waals surface area contributed by atoms with Crippen molar-refractivity contribution >= 4 is 22.8 Å². The van der Waals surface area contributed by atoms with E-state index in [1.165, 1.54) is 4.90 Å². The second-order valence-electron chi connectivity index (χ2n) is 6.28. The second-order valence-corrected chi connectivity index (χ2v) is 6.28. The Bertz CT molecular complexity index is 958. The van der Waals surface area contributed by atoms with Crippen LogP contribution in [0.3, 0.4) is 0 Å². The SMILES string of the molecule is COc1ccc2c(ccn2CCCCN2C(=O)c3ccccc3C2=O)n1. The number of aryl methyl sites for hydroxylation is 1. The lowest BCUT2D eigenvalue weighted by atomic mass is 10.1. The molecule has 2 amide bonds. The van der Waals surface area contributed by atoms with Crippen LogP contribution < -0.4 is 4.74 Å². The number of rotatable bonds is 6. The molecule has 3 heterocycles. The molecule has 0 saturated carbocycles. The molecule has 0 radical (unpaired) electrons. The molecule has 0 unspecified atom stereocenters. The van der Waals surface area contributed by atoms with Gasteiger partial charge in [0.2, 0.25) is 5.88 Å². The molecule has 0 N–H and O–H groups in total. The molecule has 0 aliphatic carbocycles. The third kappa shape index (κ3) is 2.73. The smallest absolute Gasteiger partial charge is 0.261 e. The molecule has 3 aromatic rings. The Hall–Kier alpha value is -3.15. The fourth-order valence-electron chi connectivity index (χ4n) is 3.36. The van der Waals surface area contributed by atoms with E-state index >= 15 is 0 Å². The fourth-order valence-corrected chi connectivity index (χ4v) is 3.36. The number of nitrogens with zero attached hydrogens (tertiary/aromatic N) is 3. The van der Waals surface area contributed by atoms with Gasteiger partial charge in [-0.1, -0.05) is 12.1 Å². The minimum Gasteiger partial charge on any atom is -0.481 e. The van der Waals surface area contributed by atoms with E-state index < -0.39 is 0 Å². The Labute approximate surface area is 151 Å². The van der Waals surface area contributed by atoms with Gasteiger partial charge >= 0.3 is 0 Å². The van der Waals surface area contributed by atoms with Crippen molar-refractivity contribution in [1.29, 1.82) is 0 Å². The fraction of sp³-hybridized carbons (Fsp3) is 0.250. The zero-order chi connectivity index (χ0) is 18.1. The van der Waals surface area contributed by atoms with Gasteiger partial charge < -0.3 is 9.30 Å². The summed E-state index contributed by atoms with van der Waals surface area (Å²) in [5.41, 5.74) is 2.96. The van der Waals surface area contributed by atoms with Crippen molar-refractivity contribution in [1.82, 2.24) is 14.5 Å². The van der Waals surface area contributed by atoms with Gasteiger partial charge in [-0.3, -0.25) is 14.5 Å². The van der Waals surface area contributed by atoms with E-state index in [-0.39, 0.29) is 11.8 Å². The third-order valence-electron chi connectivity index (χ3n) is 4.72. The number of ether oxygens (including phenoxy) is 1. The van der Waals surface area contributed by atoms with Crippen molar-refractivity contribution in [2.75, 3.05) is 13.7 Å². The number of carbonyl (C=O) groups is 2. The lowest BCUT2D eigenvalue weighted by molar-refractivity contribution is 0.0651. The standard InChI is InChI=1S/C20H19N3O3/c1-26-18-9-8-17-16(21-18)10-13-22(17)11-4-5-12-23-19(24)14-6-2-3-7-15(14)20(23)25/h2-3,6-10,13H,4-5,11-12H2,1H3. The summed E-state index contributed by atoms with van der Waals surface area (Å²) in [5.74, 6) is 0.225. The molecule has 1 aliphatic heterocycles. The number of amides is 2. The zero-order valence-electron chi connectivity index (χ0n) is 14.5. The first kappa shape index (κ1) is 16.3. The number of fused-ring (bicyclic) bond motifs is 2. The highest BCUT2D eigenvalue weighted by molar-refractivity contribution is 6.21. The van der Waals surface area contributed by atoms with Crippen LogP contribution in [-0.2, 0) is 6.54 Å². The van der Waals surface area contributed by atoms with Crippen LogP contribution in [0.25, 0.3) is 11.0 Å². The van der Waals surface area contributed by atoms with Crippen LogP contribution in [0.1, 0.15) is 33.6 Å². The van der Waals surface area contributed by atoms with E-state index in [4.69, 9.17) is 4.74 Å². The molecule has 1 aliphatic rings. The van der Waals surface area contributed by atoms with E-state index in [9.17, 15) is 9.59 Å². The van der Waals surface area contributed by atoms with Crippen molar-refractivity contribution in [3.63, 3.8) is 0 Å². The van der Waals surface area contributed by atoms with E-state index in [0.29, 0.717) is 23.6 Å². The van der Waals surface area contributed by atoms with Gasteiger partial charge in [-0.2, -0.15) is 0 Å². The number of benzene rings is 1. The van der Waals surface area contributed by atoms with Gasteiger partial charge in [0.15, 0.2) is 0 Å². The van der Waals surface area contributed by atoms with Gasteiger partial charge in [-0.05, 0) is 37.1 Å². The summed E-state index contributed by atoms with van der Waals surface area (Å²) in [7, 11) is 1.60. The maximum atomic E-state index is 12.3. The highest BCUT2D eigenvalue weighted by Crippen LogP contribution is 2.23. The largest absolute Gasteiger partial charge is 0.481 e. The Balaban J connectivity index is 1.36. The van der Waals surface area contributed by atoms with Gasteiger partial charge in [0.25, 0.3) is 11.8 Å². The maximum absolute atomic E-state index is 12.3. The van der Waals surface area contributed by atoms with Crippen LogP contribution in [-0.4, -0.2) is 39.9 Å². The number of aromatic nitrogens is 2. The molecule has 26 heavy (non-hydrogen) atoms. The Morgan fingerprint density at radius 3 is 2.31 bits per heavy atom. The van der Waals surface area contributed by atoms with Crippen LogP contribution in [0.2, 0.25) is 0 Å². The van der Waals surface area contributed by atoms with Gasteiger partial charge in [0, 0.05) is 25.4 Å². The molecule has 0 atom stereocenters. The summed E-state index contributed by atoms with van der Waals surface area (Å²) in [6, 6.07) is 12.8. The number of carbonyl (C=O) groups excluding carboxylic acids is 2. The zero-order valence-corrected chi connectivity index (χ0v) is 14.5. The van der Waals surface area contributed by atoms with Crippen LogP contribution in [0.4, 0.5) is 0 Å². The number of methoxy groups -OCH3 is 1. The molecule has 132 valence electrons. The quantitative estimate of drug-likeness (QED) is 0.507. The number of pyridine rings is 1. The Morgan fingerprint density at radius 2 is 1.62 bits per heavy atom. The summed E-state index contributed by atoms with van der Waals surface area (Å²) >= 11 is 0. The number of unbranched alkanes of at least 4 members (excludes halogenated alkanes) is 1. The average Bonchev–Trinajstić information content (AvgIpc) is 3.19. The molecule has 1 aromatic carbocycles. The normalized spacial score (nSPS) is 13.5. The summed E-state index contributed by atoms with van der Waals surface area (Å²) in [6.07, 6.45) is 3.62. The molecule has 2 aromatic heterocycles. The predicted molar refractivity (Wildman–Crippen MR) is 97.3 cm³/mol. The molecule has 0 spiro atoms. The highest BCUT2D eigenvalue weighted by atomic mass is 16.5. The topological polar surface area (TPSA) is 64.4 Å². The lowest BCUT2D eigenvalue weighted by Crippen LogP contribution is -2.30. The predicted octanol–water partition coefficient (Wildman–Crippen LogP) is 3.12. The summed E-state index contributed by atoms with van der Waals surface area (Å²) in [5, 5.41) is 0. The summed E-state index contributed by atoms with van der Waals surface area (Å²) in [6.45, 7) is 1.25. The molecule has 0 bridgehead atoms. The average molecular weight is 349 g/mol. The first-order chi connectivity index (χ1) is 12.7. The van der Waals surface area contributed by atoms with Crippen LogP contribution >= 0.6 is 0 Å². The van der Waals surface area contributed by atoms with Crippen molar-refractivity contribution in [3.8, 4) is 5.88 Å². The van der Waals surface area contributed by atoms with Gasteiger partial charge in [-0.25, -0.2) is 4.98 Å². The minimum atomic E-state index is -0.187. The maximum Gasteiger partial charge on any atom is 0.261 e. The highest BCUT2D eigenvalue weighted by Gasteiger charge is 2.34. The molecular weight excluding hydrogens is 330 g/mol. The minimum absolute atomic E-state index is 0.187. The molecule has 6 nitrogen and oxygen atoms in total. The van der Waals surface area contributed by atoms with Crippen LogP contribution in [0.15, 0.2) is 48.7 Å². The molecule has 0 saturated heterocycles. The van der Waals surface area contributed by atoms with Crippen LogP contribution in [0.5, 0.6) is 5.88 Å². The van der Waals surface area contributed by atoms with Crippen molar-refractivity contribution in [2.45, 2.75) is 19.4 Å². The van der Waals surface area contributed by atoms with Gasteiger partial charge in [0.05, 0.1) is 29.3 Å². The molecular formula is C20H19N3O3. The molecule has 4 rings (SSSR count). The Morgan fingerprint density at radius 1 is 0.923 bits per heavy atom. The second kappa shape index (κ2) is 6.63. The first-order valence-electron chi connectivity index (χ1n) is 8.64. The van der Waals surface area contributed by atoms with E-state index in [1.54, 1.807) is 31.4 Å². The monoisotopic (exact) mass is 349 g/mol. The Kier molecular flexibility index (Phi) is 4.16.